The van der Waals surface area contributed by atoms with Crippen molar-refractivity contribution >= 4 is 33.5 Å². The molecule has 0 spiro atoms. The Morgan fingerprint density at radius 3 is 2.42 bits per heavy atom. The van der Waals surface area contributed by atoms with E-state index in [1.807, 2.05) is 61.5 Å². The molecular formula is C20H17BrN2O2S. The van der Waals surface area contributed by atoms with Gasteiger partial charge in [-0.25, -0.2) is 9.97 Å². The number of ketones is 1. The van der Waals surface area contributed by atoms with Crippen LogP contribution in [0.3, 0.4) is 0 Å². The summed E-state index contributed by atoms with van der Waals surface area (Å²) in [5.74, 6) is 1.15. The molecule has 3 rings (SSSR count). The number of halogens is 1. The van der Waals surface area contributed by atoms with Crippen molar-refractivity contribution in [1.29, 1.82) is 0 Å². The molecule has 0 unspecified atom stereocenters. The Kier molecular flexibility index (Phi) is 6.06. The molecule has 132 valence electrons. The third kappa shape index (κ3) is 4.71. The molecule has 6 heteroatoms. The number of nitrogens with zero attached hydrogens (tertiary/aromatic N) is 2. The number of methoxy groups -OCH3 is 1. The van der Waals surface area contributed by atoms with Crippen LogP contribution >= 0.6 is 27.7 Å². The number of hydrogen-bond acceptors (Lipinski definition) is 5. The van der Waals surface area contributed by atoms with Crippen LogP contribution in [0.4, 0.5) is 0 Å². The fourth-order valence-corrected chi connectivity index (χ4v) is 3.43. The van der Waals surface area contributed by atoms with Gasteiger partial charge in [0.1, 0.15) is 5.75 Å². The van der Waals surface area contributed by atoms with Crippen LogP contribution in [0.1, 0.15) is 16.1 Å². The van der Waals surface area contributed by atoms with Crippen molar-refractivity contribution in [3.8, 4) is 17.0 Å². The number of benzene rings is 2. The van der Waals surface area contributed by atoms with E-state index in [0.717, 1.165) is 27.2 Å². The number of ether oxygens (including phenoxy) is 1. The molecule has 0 fully saturated rings. The molecule has 26 heavy (non-hydrogen) atoms. The molecular weight excluding hydrogens is 412 g/mol. The molecule has 1 heterocycles. The molecule has 0 saturated heterocycles. The summed E-state index contributed by atoms with van der Waals surface area (Å²) in [6.45, 7) is 1.93. The van der Waals surface area contributed by atoms with Crippen LogP contribution in [0.2, 0.25) is 0 Å². The van der Waals surface area contributed by atoms with E-state index < -0.39 is 0 Å². The Labute approximate surface area is 165 Å². The van der Waals surface area contributed by atoms with Crippen LogP contribution in [-0.2, 0) is 0 Å². The average molecular weight is 429 g/mol. The lowest BCUT2D eigenvalue weighted by atomic mass is 10.1. The van der Waals surface area contributed by atoms with Gasteiger partial charge < -0.3 is 4.74 Å². The number of rotatable bonds is 6. The number of thioether (sulfide) groups is 1. The van der Waals surface area contributed by atoms with E-state index in [0.29, 0.717) is 16.5 Å². The predicted molar refractivity (Wildman–Crippen MR) is 108 cm³/mol. The monoisotopic (exact) mass is 428 g/mol. The zero-order valence-electron chi connectivity index (χ0n) is 14.4. The molecule has 0 amide bonds. The van der Waals surface area contributed by atoms with Crippen LogP contribution in [0, 0.1) is 6.92 Å². The third-order valence-electron chi connectivity index (χ3n) is 3.72. The maximum absolute atomic E-state index is 12.3. The SMILES string of the molecule is COc1ccc(-c2cc(C)nc(SCC(=O)c3ccc(Br)cc3)n2)cc1. The van der Waals surface area contributed by atoms with Gasteiger partial charge in [0.15, 0.2) is 10.9 Å². The number of aryl methyl sites for hydroxylation is 1. The van der Waals surface area contributed by atoms with E-state index >= 15 is 0 Å². The van der Waals surface area contributed by atoms with Gasteiger partial charge in [-0.1, -0.05) is 39.8 Å². The molecule has 0 saturated carbocycles. The number of hydrogen-bond donors (Lipinski definition) is 0. The zero-order valence-corrected chi connectivity index (χ0v) is 16.8. The fourth-order valence-electron chi connectivity index (χ4n) is 2.36. The first kappa shape index (κ1) is 18.6. The quantitative estimate of drug-likeness (QED) is 0.306. The number of Topliss-reactive ketones (excluding diaryl/α,β-unsaturated/α-hetero) is 1. The summed E-state index contributed by atoms with van der Waals surface area (Å²) in [7, 11) is 1.64. The lowest BCUT2D eigenvalue weighted by molar-refractivity contribution is 0.102. The highest BCUT2D eigenvalue weighted by molar-refractivity contribution is 9.10. The topological polar surface area (TPSA) is 52.1 Å². The van der Waals surface area contributed by atoms with Gasteiger partial charge in [0.05, 0.1) is 18.6 Å². The van der Waals surface area contributed by atoms with Crippen molar-refractivity contribution in [2.75, 3.05) is 12.9 Å². The van der Waals surface area contributed by atoms with Gasteiger partial charge in [0.25, 0.3) is 0 Å². The van der Waals surface area contributed by atoms with Crippen molar-refractivity contribution in [1.82, 2.24) is 9.97 Å². The molecule has 4 nitrogen and oxygen atoms in total. The normalized spacial score (nSPS) is 10.6. The molecule has 0 N–H and O–H groups in total. The highest BCUT2D eigenvalue weighted by Crippen LogP contribution is 2.24. The van der Waals surface area contributed by atoms with E-state index in [2.05, 4.69) is 25.9 Å². The van der Waals surface area contributed by atoms with Crippen molar-refractivity contribution in [3.63, 3.8) is 0 Å². The molecule has 2 aromatic carbocycles. The summed E-state index contributed by atoms with van der Waals surface area (Å²) >= 11 is 4.72. The summed E-state index contributed by atoms with van der Waals surface area (Å²) in [6.07, 6.45) is 0. The molecule has 1 aromatic heterocycles. The first-order chi connectivity index (χ1) is 12.5. The van der Waals surface area contributed by atoms with Gasteiger partial charge >= 0.3 is 0 Å². The summed E-state index contributed by atoms with van der Waals surface area (Å²) < 4.78 is 6.14. The largest absolute Gasteiger partial charge is 0.497 e. The highest BCUT2D eigenvalue weighted by atomic mass is 79.9. The van der Waals surface area contributed by atoms with Crippen molar-refractivity contribution in [3.05, 3.63) is 70.3 Å². The average Bonchev–Trinajstić information content (AvgIpc) is 2.66. The van der Waals surface area contributed by atoms with Crippen LogP contribution in [0.5, 0.6) is 5.75 Å². The fraction of sp³-hybridized carbons (Fsp3) is 0.150. The van der Waals surface area contributed by atoms with Gasteiger partial charge in [-0.3, -0.25) is 4.79 Å². The van der Waals surface area contributed by atoms with Crippen LogP contribution in [0.25, 0.3) is 11.3 Å². The Balaban J connectivity index is 1.74. The van der Waals surface area contributed by atoms with E-state index in [1.54, 1.807) is 7.11 Å². The number of carbonyl (C=O) groups is 1. The minimum atomic E-state index is 0.0543. The molecule has 3 aromatic rings. The Morgan fingerprint density at radius 1 is 1.08 bits per heavy atom. The maximum atomic E-state index is 12.3. The van der Waals surface area contributed by atoms with Crippen LogP contribution in [0.15, 0.2) is 64.2 Å². The summed E-state index contributed by atoms with van der Waals surface area (Å²) in [4.78, 5) is 21.4. The van der Waals surface area contributed by atoms with Crippen molar-refractivity contribution in [2.45, 2.75) is 12.1 Å². The molecule has 0 radical (unpaired) electrons. The Bertz CT molecular complexity index is 912. The minimum absolute atomic E-state index is 0.0543. The van der Waals surface area contributed by atoms with E-state index in [1.165, 1.54) is 11.8 Å². The maximum Gasteiger partial charge on any atom is 0.188 e. The Hall–Kier alpha value is -2.18. The lowest BCUT2D eigenvalue weighted by Gasteiger charge is -2.07. The van der Waals surface area contributed by atoms with Gasteiger partial charge in [-0.15, -0.1) is 0 Å². The summed E-state index contributed by atoms with van der Waals surface area (Å²) in [5.41, 5.74) is 3.37. The van der Waals surface area contributed by atoms with Gasteiger partial charge in [-0.05, 0) is 49.4 Å². The van der Waals surface area contributed by atoms with Gasteiger partial charge in [0, 0.05) is 21.3 Å². The first-order valence-corrected chi connectivity index (χ1v) is 9.74. The highest BCUT2D eigenvalue weighted by Gasteiger charge is 2.10. The second kappa shape index (κ2) is 8.47. The minimum Gasteiger partial charge on any atom is -0.497 e. The predicted octanol–water partition coefficient (Wildman–Crippen LogP) is 5.20. The molecule has 0 atom stereocenters. The Morgan fingerprint density at radius 2 is 1.77 bits per heavy atom. The smallest absolute Gasteiger partial charge is 0.188 e. The molecule has 0 aliphatic rings. The summed E-state index contributed by atoms with van der Waals surface area (Å²) in [6, 6.07) is 17.0. The number of aromatic nitrogens is 2. The summed E-state index contributed by atoms with van der Waals surface area (Å²) in [5, 5.41) is 0.598. The van der Waals surface area contributed by atoms with E-state index in [4.69, 9.17) is 4.74 Å². The van der Waals surface area contributed by atoms with Gasteiger partial charge in [0.2, 0.25) is 0 Å². The van der Waals surface area contributed by atoms with Crippen LogP contribution < -0.4 is 4.74 Å². The lowest BCUT2D eigenvalue weighted by Crippen LogP contribution is -2.03. The second-order valence-electron chi connectivity index (χ2n) is 5.62. The van der Waals surface area contributed by atoms with E-state index in [9.17, 15) is 4.79 Å². The van der Waals surface area contributed by atoms with Crippen molar-refractivity contribution < 1.29 is 9.53 Å². The van der Waals surface area contributed by atoms with Gasteiger partial charge in [-0.2, -0.15) is 0 Å². The standard InChI is InChI=1S/C20H17BrN2O2S/c1-13-11-18(14-5-9-17(25-2)10-6-14)23-20(22-13)26-12-19(24)15-3-7-16(21)8-4-15/h3-11H,12H2,1-2H3. The first-order valence-electron chi connectivity index (χ1n) is 7.97. The molecule has 0 aliphatic carbocycles. The van der Waals surface area contributed by atoms with E-state index in [-0.39, 0.29) is 5.78 Å². The second-order valence-corrected chi connectivity index (χ2v) is 7.48. The zero-order chi connectivity index (χ0) is 18.5. The van der Waals surface area contributed by atoms with Crippen molar-refractivity contribution in [2.24, 2.45) is 0 Å². The molecule has 0 bridgehead atoms. The number of carbonyl (C=O) groups excluding carboxylic acids is 1. The van der Waals surface area contributed by atoms with Crippen LogP contribution in [-0.4, -0.2) is 28.6 Å². The molecule has 0 aliphatic heterocycles. The third-order valence-corrected chi connectivity index (χ3v) is 5.09.